The third-order valence-corrected chi connectivity index (χ3v) is 8.39. The molecular weight excluding hydrogens is 636 g/mol. The number of nitrogens with zero attached hydrogens (tertiary/aromatic N) is 2. The van der Waals surface area contributed by atoms with Crippen LogP contribution >= 0.6 is 45.2 Å². The molecule has 30 heavy (non-hydrogen) atoms. The predicted octanol–water partition coefficient (Wildman–Crippen LogP) is 5.62. The summed E-state index contributed by atoms with van der Waals surface area (Å²) in [5.74, 6) is 0. The Balaban J connectivity index is 2.11. The Hall–Kier alpha value is -1.18. The Morgan fingerprint density at radius 3 is 2.23 bits per heavy atom. The first kappa shape index (κ1) is 23.5. The first-order valence-corrected chi connectivity index (χ1v) is 12.5. The van der Waals surface area contributed by atoms with Crippen molar-refractivity contribution >= 4 is 55.2 Å². The molecule has 158 valence electrons. The quantitative estimate of drug-likeness (QED) is 0.297. The van der Waals surface area contributed by atoms with Gasteiger partial charge >= 0.3 is 0 Å². The molecule has 0 N–H and O–H groups in total. The smallest absolute Gasteiger partial charge is 0.244 e. The van der Waals surface area contributed by atoms with E-state index in [0.29, 0.717) is 14.7 Å². The van der Waals surface area contributed by atoms with E-state index < -0.39 is 23.4 Å². The van der Waals surface area contributed by atoms with Crippen LogP contribution in [-0.2, 0) is 36.5 Å². The van der Waals surface area contributed by atoms with Crippen molar-refractivity contribution in [2.24, 2.45) is 0 Å². The van der Waals surface area contributed by atoms with E-state index in [1.54, 1.807) is 54.9 Å². The van der Waals surface area contributed by atoms with E-state index in [1.807, 2.05) is 28.7 Å². The van der Waals surface area contributed by atoms with E-state index >= 15 is 0 Å². The average molecular weight is 654 g/mol. The van der Waals surface area contributed by atoms with Crippen molar-refractivity contribution in [1.29, 1.82) is 0 Å². The number of hydrogen-bond acceptors (Lipinski definition) is 3. The molecule has 3 aromatic rings. The zero-order valence-electron chi connectivity index (χ0n) is 15.7. The van der Waals surface area contributed by atoms with Gasteiger partial charge in [-0.2, -0.15) is 4.31 Å². The minimum atomic E-state index is -3.95. The maximum absolute atomic E-state index is 13.6. The summed E-state index contributed by atoms with van der Waals surface area (Å²) in [5, 5.41) is 0. The molecule has 9 heteroatoms. The van der Waals surface area contributed by atoms with Crippen molar-refractivity contribution < 1.29 is 17.2 Å². The highest BCUT2D eigenvalue weighted by Crippen LogP contribution is 2.29. The highest BCUT2D eigenvalue weighted by atomic mass is 127. The average Bonchev–Trinajstić information content (AvgIpc) is 2.75. The minimum absolute atomic E-state index is 0.0318. The largest absolute Gasteiger partial charge is 0.264 e. The standard InChI is InChI=1S/C21H18F2I2N2O2S/c22-10-16-4-1-5-17(11-23)19(16)14-27(13-15-3-2-8-26-12-15)30(28,29)21-9-18(24)6-7-20(21)25/h1-9,12H,10-11,13-14H2. The maximum atomic E-state index is 13.6. The molecule has 0 aliphatic heterocycles. The molecular formula is C21H18F2I2N2O2S. The third kappa shape index (κ3) is 5.35. The van der Waals surface area contributed by atoms with Crippen LogP contribution in [0.15, 0.2) is 65.8 Å². The second-order valence-electron chi connectivity index (χ2n) is 6.53. The van der Waals surface area contributed by atoms with E-state index in [-0.39, 0.29) is 29.1 Å². The maximum Gasteiger partial charge on any atom is 0.244 e. The summed E-state index contributed by atoms with van der Waals surface area (Å²) in [7, 11) is -3.95. The van der Waals surface area contributed by atoms with Crippen molar-refractivity contribution in [2.45, 2.75) is 31.3 Å². The second-order valence-corrected chi connectivity index (χ2v) is 10.8. The summed E-state index contributed by atoms with van der Waals surface area (Å²) < 4.78 is 57.1. The van der Waals surface area contributed by atoms with Crippen molar-refractivity contribution in [1.82, 2.24) is 9.29 Å². The Kier molecular flexibility index (Phi) is 8.16. The topological polar surface area (TPSA) is 50.3 Å². The first-order chi connectivity index (χ1) is 14.4. The lowest BCUT2D eigenvalue weighted by atomic mass is 10.0. The van der Waals surface area contributed by atoms with Gasteiger partial charge in [-0.3, -0.25) is 4.98 Å². The Labute approximate surface area is 202 Å². The van der Waals surface area contributed by atoms with Gasteiger partial charge in [0, 0.05) is 32.6 Å². The van der Waals surface area contributed by atoms with Gasteiger partial charge in [-0.15, -0.1) is 0 Å². The van der Waals surface area contributed by atoms with Crippen LogP contribution in [0.3, 0.4) is 0 Å². The molecule has 0 radical (unpaired) electrons. The van der Waals surface area contributed by atoms with Crippen LogP contribution in [0, 0.1) is 7.14 Å². The second kappa shape index (κ2) is 10.4. The van der Waals surface area contributed by atoms with Crippen LogP contribution in [0.4, 0.5) is 8.78 Å². The monoisotopic (exact) mass is 654 g/mol. The van der Waals surface area contributed by atoms with Gasteiger partial charge in [0.15, 0.2) is 0 Å². The molecule has 1 aromatic heterocycles. The van der Waals surface area contributed by atoms with Gasteiger partial charge in [0.1, 0.15) is 13.3 Å². The number of sulfonamides is 1. The molecule has 0 amide bonds. The van der Waals surface area contributed by atoms with Gasteiger partial charge in [0.2, 0.25) is 10.0 Å². The molecule has 0 spiro atoms. The van der Waals surface area contributed by atoms with Gasteiger partial charge < -0.3 is 0 Å². The molecule has 0 aliphatic carbocycles. The fraction of sp³-hybridized carbons (Fsp3) is 0.190. The summed E-state index contributed by atoms with van der Waals surface area (Å²) in [5.41, 5.74) is 1.61. The van der Waals surface area contributed by atoms with Gasteiger partial charge in [-0.1, -0.05) is 24.3 Å². The number of halogens is 4. The lowest BCUT2D eigenvalue weighted by Gasteiger charge is -2.25. The van der Waals surface area contributed by atoms with Crippen molar-refractivity contribution in [3.8, 4) is 0 Å². The van der Waals surface area contributed by atoms with E-state index in [1.165, 1.54) is 4.31 Å². The summed E-state index contributed by atoms with van der Waals surface area (Å²) in [6, 6.07) is 13.3. The summed E-state index contributed by atoms with van der Waals surface area (Å²) in [6.07, 6.45) is 3.18. The molecule has 0 atom stereocenters. The van der Waals surface area contributed by atoms with E-state index in [0.717, 1.165) is 3.57 Å². The predicted molar refractivity (Wildman–Crippen MR) is 129 cm³/mol. The minimum Gasteiger partial charge on any atom is -0.264 e. The number of hydrogen-bond donors (Lipinski definition) is 0. The van der Waals surface area contributed by atoms with E-state index in [4.69, 9.17) is 0 Å². The lowest BCUT2D eigenvalue weighted by Crippen LogP contribution is -2.31. The number of aromatic nitrogens is 1. The van der Waals surface area contributed by atoms with Crippen LogP contribution in [0.1, 0.15) is 22.3 Å². The van der Waals surface area contributed by atoms with Gasteiger partial charge in [-0.25, -0.2) is 17.2 Å². The molecule has 0 fully saturated rings. The van der Waals surface area contributed by atoms with E-state index in [9.17, 15) is 17.2 Å². The fourth-order valence-electron chi connectivity index (χ4n) is 3.05. The molecule has 2 aromatic carbocycles. The van der Waals surface area contributed by atoms with Crippen LogP contribution in [0.5, 0.6) is 0 Å². The van der Waals surface area contributed by atoms with Gasteiger partial charge in [-0.05, 0) is 91.7 Å². The number of rotatable bonds is 8. The summed E-state index contributed by atoms with van der Waals surface area (Å²) >= 11 is 4.04. The molecule has 0 aliphatic rings. The number of alkyl halides is 2. The van der Waals surface area contributed by atoms with Crippen LogP contribution in [0.2, 0.25) is 0 Å². The number of benzene rings is 2. The Morgan fingerprint density at radius 1 is 0.933 bits per heavy atom. The zero-order chi connectivity index (χ0) is 21.7. The van der Waals surface area contributed by atoms with Crippen LogP contribution < -0.4 is 0 Å². The molecule has 0 bridgehead atoms. The molecule has 4 nitrogen and oxygen atoms in total. The first-order valence-electron chi connectivity index (χ1n) is 8.92. The van der Waals surface area contributed by atoms with Crippen LogP contribution in [-0.4, -0.2) is 17.7 Å². The Morgan fingerprint density at radius 2 is 1.63 bits per heavy atom. The van der Waals surface area contributed by atoms with Gasteiger partial charge in [0.05, 0.1) is 4.90 Å². The fourth-order valence-corrected chi connectivity index (χ4v) is 6.41. The highest BCUT2D eigenvalue weighted by molar-refractivity contribution is 14.1. The van der Waals surface area contributed by atoms with Crippen LogP contribution in [0.25, 0.3) is 0 Å². The van der Waals surface area contributed by atoms with Gasteiger partial charge in [0.25, 0.3) is 0 Å². The molecule has 3 rings (SSSR count). The molecule has 0 saturated carbocycles. The molecule has 0 unspecified atom stereocenters. The van der Waals surface area contributed by atoms with Crippen molar-refractivity contribution in [2.75, 3.05) is 0 Å². The summed E-state index contributed by atoms with van der Waals surface area (Å²) in [6.45, 7) is -1.71. The highest BCUT2D eigenvalue weighted by Gasteiger charge is 2.29. The van der Waals surface area contributed by atoms with Crippen molar-refractivity contribution in [3.63, 3.8) is 0 Å². The molecule has 1 heterocycles. The summed E-state index contributed by atoms with van der Waals surface area (Å²) in [4.78, 5) is 4.22. The third-order valence-electron chi connectivity index (χ3n) is 4.59. The van der Waals surface area contributed by atoms with Crippen molar-refractivity contribution in [3.05, 3.63) is 90.3 Å². The van der Waals surface area contributed by atoms with E-state index in [2.05, 4.69) is 27.6 Å². The SMILES string of the molecule is O=S(=O)(c1cc(I)ccc1I)N(Cc1cccnc1)Cc1c(CF)cccc1CF. The number of pyridine rings is 1. The molecule has 0 saturated heterocycles. The lowest BCUT2D eigenvalue weighted by molar-refractivity contribution is 0.389. The Bertz CT molecular complexity index is 1110. The zero-order valence-corrected chi connectivity index (χ0v) is 20.9. The normalized spacial score (nSPS) is 11.8.